The molecule has 1 fully saturated rings. The van der Waals surface area contributed by atoms with Crippen molar-refractivity contribution in [3.63, 3.8) is 0 Å². The van der Waals surface area contributed by atoms with E-state index in [1.165, 1.54) is 27.3 Å². The van der Waals surface area contributed by atoms with Crippen LogP contribution >= 0.6 is 8.58 Å². The largest absolute Gasteiger partial charge is 0.122 e. The van der Waals surface area contributed by atoms with Gasteiger partial charge in [0.25, 0.3) is 0 Å². The topological polar surface area (TPSA) is 0 Å². The minimum absolute atomic E-state index is 0.707. The molecule has 0 spiro atoms. The van der Waals surface area contributed by atoms with Crippen molar-refractivity contribution in [3.05, 3.63) is 0 Å². The summed E-state index contributed by atoms with van der Waals surface area (Å²) in [4.78, 5) is 0. The molecule has 42 valence electrons. The van der Waals surface area contributed by atoms with Crippen LogP contribution in [0.15, 0.2) is 0 Å². The summed E-state index contributed by atoms with van der Waals surface area (Å²) in [5, 5.41) is 0. The third kappa shape index (κ3) is 1.42. The molecule has 1 unspecified atom stereocenters. The van der Waals surface area contributed by atoms with Gasteiger partial charge < -0.3 is 0 Å². The first kappa shape index (κ1) is 5.56. The minimum Gasteiger partial charge on any atom is -0.122 e. The fraction of sp³-hybridized carbons (Fsp3) is 1.00. The van der Waals surface area contributed by atoms with Crippen LogP contribution in [0.1, 0.15) is 20.3 Å². The maximum Gasteiger partial charge on any atom is -0.0302 e. The molecule has 1 heterocycles. The lowest BCUT2D eigenvalue weighted by molar-refractivity contribution is 0.428. The van der Waals surface area contributed by atoms with Crippen molar-refractivity contribution >= 4 is 8.58 Å². The Morgan fingerprint density at radius 1 is 1.43 bits per heavy atom. The van der Waals surface area contributed by atoms with E-state index in [1.807, 2.05) is 0 Å². The zero-order valence-corrected chi connectivity index (χ0v) is 6.12. The van der Waals surface area contributed by atoms with Crippen molar-refractivity contribution < 1.29 is 0 Å². The normalized spacial score (nSPS) is 31.7. The summed E-state index contributed by atoms with van der Waals surface area (Å²) in [5.74, 6) is 0. The van der Waals surface area contributed by atoms with Gasteiger partial charge in [0.15, 0.2) is 0 Å². The zero-order chi connectivity index (χ0) is 5.33. The molecule has 0 saturated carbocycles. The number of rotatable bonds is 0. The Morgan fingerprint density at radius 3 is 2.29 bits per heavy atom. The third-order valence-electron chi connectivity index (χ3n) is 1.58. The standard InChI is InChI=1S/C6H13P/c1-6(2)3-4-7-5-6/h7H,3-5H2,1-2H3. The van der Waals surface area contributed by atoms with E-state index >= 15 is 0 Å². The highest BCUT2D eigenvalue weighted by atomic mass is 31.1. The van der Waals surface area contributed by atoms with E-state index < -0.39 is 0 Å². The molecule has 0 aromatic heterocycles. The maximum absolute atomic E-state index is 2.37. The Morgan fingerprint density at radius 2 is 2.14 bits per heavy atom. The Hall–Kier alpha value is 0.430. The van der Waals surface area contributed by atoms with Gasteiger partial charge in [0.2, 0.25) is 0 Å². The van der Waals surface area contributed by atoms with E-state index in [2.05, 4.69) is 13.8 Å². The summed E-state index contributed by atoms with van der Waals surface area (Å²) >= 11 is 0. The average Bonchev–Trinajstić information content (AvgIpc) is 1.84. The van der Waals surface area contributed by atoms with Gasteiger partial charge >= 0.3 is 0 Å². The molecule has 0 amide bonds. The van der Waals surface area contributed by atoms with Crippen molar-refractivity contribution in [1.29, 1.82) is 0 Å². The Balaban J connectivity index is 2.40. The summed E-state index contributed by atoms with van der Waals surface area (Å²) in [5.41, 5.74) is 0.707. The molecule has 0 radical (unpaired) electrons. The van der Waals surface area contributed by atoms with Crippen molar-refractivity contribution in [2.75, 3.05) is 12.3 Å². The summed E-state index contributed by atoms with van der Waals surface area (Å²) < 4.78 is 0. The van der Waals surface area contributed by atoms with Gasteiger partial charge in [-0.2, -0.15) is 0 Å². The summed E-state index contributed by atoms with van der Waals surface area (Å²) in [7, 11) is 1.26. The van der Waals surface area contributed by atoms with Gasteiger partial charge in [-0.05, 0) is 24.2 Å². The van der Waals surface area contributed by atoms with Crippen LogP contribution in [0.2, 0.25) is 0 Å². The lowest BCUT2D eigenvalue weighted by Gasteiger charge is -2.13. The third-order valence-corrected chi connectivity index (χ3v) is 3.39. The molecule has 1 aliphatic heterocycles. The fourth-order valence-electron chi connectivity index (χ4n) is 0.942. The monoisotopic (exact) mass is 116 g/mol. The molecule has 0 aromatic carbocycles. The van der Waals surface area contributed by atoms with Crippen LogP contribution < -0.4 is 0 Å². The fourth-order valence-corrected chi connectivity index (χ4v) is 2.83. The quantitative estimate of drug-likeness (QED) is 0.425. The van der Waals surface area contributed by atoms with E-state index in [0.29, 0.717) is 5.41 Å². The maximum atomic E-state index is 2.37. The van der Waals surface area contributed by atoms with Crippen LogP contribution in [0.3, 0.4) is 0 Å². The van der Waals surface area contributed by atoms with Crippen molar-refractivity contribution in [2.24, 2.45) is 5.41 Å². The molecule has 1 aliphatic rings. The van der Waals surface area contributed by atoms with Gasteiger partial charge in [0.05, 0.1) is 0 Å². The van der Waals surface area contributed by atoms with E-state index in [0.717, 1.165) is 0 Å². The van der Waals surface area contributed by atoms with Crippen LogP contribution in [-0.4, -0.2) is 12.3 Å². The predicted molar refractivity (Wildman–Crippen MR) is 36.4 cm³/mol. The first-order valence-corrected chi connectivity index (χ1v) is 4.33. The van der Waals surface area contributed by atoms with Crippen LogP contribution in [0, 0.1) is 5.41 Å². The molecule has 0 N–H and O–H groups in total. The van der Waals surface area contributed by atoms with E-state index in [-0.39, 0.29) is 0 Å². The van der Waals surface area contributed by atoms with E-state index in [9.17, 15) is 0 Å². The van der Waals surface area contributed by atoms with Crippen molar-refractivity contribution in [3.8, 4) is 0 Å². The van der Waals surface area contributed by atoms with Crippen molar-refractivity contribution in [1.82, 2.24) is 0 Å². The van der Waals surface area contributed by atoms with Gasteiger partial charge in [-0.3, -0.25) is 0 Å². The Labute approximate surface area is 47.5 Å². The van der Waals surface area contributed by atoms with Crippen molar-refractivity contribution in [2.45, 2.75) is 20.3 Å². The highest BCUT2D eigenvalue weighted by Crippen LogP contribution is 2.38. The number of hydrogen-bond acceptors (Lipinski definition) is 0. The SMILES string of the molecule is CC1(C)CCPC1. The van der Waals surface area contributed by atoms with Crippen LogP contribution in [-0.2, 0) is 0 Å². The molecule has 1 rings (SSSR count). The molecular weight excluding hydrogens is 103 g/mol. The molecule has 1 atom stereocenters. The number of hydrogen-bond donors (Lipinski definition) is 0. The van der Waals surface area contributed by atoms with Crippen LogP contribution in [0.5, 0.6) is 0 Å². The summed E-state index contributed by atoms with van der Waals surface area (Å²) in [6.45, 7) is 4.74. The molecule has 0 nitrogen and oxygen atoms in total. The second kappa shape index (κ2) is 1.74. The van der Waals surface area contributed by atoms with Gasteiger partial charge in [0.1, 0.15) is 0 Å². The molecule has 0 aromatic rings. The highest BCUT2D eigenvalue weighted by molar-refractivity contribution is 7.38. The minimum atomic E-state index is 0.707. The second-order valence-electron chi connectivity index (χ2n) is 3.09. The first-order chi connectivity index (χ1) is 3.21. The lowest BCUT2D eigenvalue weighted by Crippen LogP contribution is -2.07. The second-order valence-corrected chi connectivity index (χ2v) is 4.44. The van der Waals surface area contributed by atoms with Crippen LogP contribution in [0.4, 0.5) is 0 Å². The molecule has 0 aliphatic carbocycles. The first-order valence-electron chi connectivity index (χ1n) is 2.91. The van der Waals surface area contributed by atoms with Gasteiger partial charge in [-0.1, -0.05) is 13.8 Å². The van der Waals surface area contributed by atoms with Crippen LogP contribution in [0.25, 0.3) is 0 Å². The zero-order valence-electron chi connectivity index (χ0n) is 5.12. The summed E-state index contributed by atoms with van der Waals surface area (Å²) in [6.07, 6.45) is 4.44. The summed E-state index contributed by atoms with van der Waals surface area (Å²) in [6, 6.07) is 0. The lowest BCUT2D eigenvalue weighted by atomic mass is 9.94. The molecule has 1 heteroatoms. The molecule has 7 heavy (non-hydrogen) atoms. The predicted octanol–water partition coefficient (Wildman–Crippen LogP) is 2.09. The Kier molecular flexibility index (Phi) is 1.39. The molecule has 1 saturated heterocycles. The van der Waals surface area contributed by atoms with Gasteiger partial charge in [-0.25, -0.2) is 0 Å². The smallest absolute Gasteiger partial charge is 0.0302 e. The van der Waals surface area contributed by atoms with E-state index in [1.54, 1.807) is 0 Å². The van der Waals surface area contributed by atoms with E-state index in [4.69, 9.17) is 0 Å². The highest BCUT2D eigenvalue weighted by Gasteiger charge is 2.21. The van der Waals surface area contributed by atoms with Gasteiger partial charge in [0, 0.05) is 0 Å². The molecule has 0 bridgehead atoms. The molecular formula is C6H13P. The van der Waals surface area contributed by atoms with Gasteiger partial charge in [-0.15, -0.1) is 8.58 Å². The Bertz CT molecular complexity index is 58.6. The average molecular weight is 116 g/mol.